The average molecular weight is 259 g/mol. The van der Waals surface area contributed by atoms with Gasteiger partial charge < -0.3 is 10.6 Å². The van der Waals surface area contributed by atoms with Gasteiger partial charge in [-0.05, 0) is 50.7 Å². The van der Waals surface area contributed by atoms with Crippen molar-refractivity contribution < 1.29 is 0 Å². The van der Waals surface area contributed by atoms with E-state index < -0.39 is 0 Å². The van der Waals surface area contributed by atoms with Gasteiger partial charge in [-0.2, -0.15) is 0 Å². The second-order valence-corrected chi connectivity index (χ2v) is 6.18. The van der Waals surface area contributed by atoms with E-state index >= 15 is 0 Å². The number of hydrogen-bond donors (Lipinski definition) is 1. The molecule has 1 saturated heterocycles. The maximum atomic E-state index is 5.87. The molecular weight excluding hydrogens is 234 g/mol. The third-order valence-corrected chi connectivity index (χ3v) is 4.81. The molecular formula is C16H25N3. The molecule has 3 rings (SSSR count). The van der Waals surface area contributed by atoms with Gasteiger partial charge in [0.2, 0.25) is 0 Å². The summed E-state index contributed by atoms with van der Waals surface area (Å²) in [4.78, 5) is 7.13. The fourth-order valence-corrected chi connectivity index (χ4v) is 3.78. The molecule has 1 saturated carbocycles. The first kappa shape index (κ1) is 12.9. The second-order valence-electron chi connectivity index (χ2n) is 6.18. The molecule has 0 bridgehead atoms. The summed E-state index contributed by atoms with van der Waals surface area (Å²) < 4.78 is 0. The van der Waals surface area contributed by atoms with E-state index in [0.29, 0.717) is 0 Å². The monoisotopic (exact) mass is 259 g/mol. The van der Waals surface area contributed by atoms with E-state index in [1.54, 1.807) is 0 Å². The maximum absolute atomic E-state index is 5.87. The van der Waals surface area contributed by atoms with E-state index in [2.05, 4.69) is 22.0 Å². The second kappa shape index (κ2) is 5.49. The molecule has 1 aromatic heterocycles. The van der Waals surface area contributed by atoms with Gasteiger partial charge in [0.1, 0.15) is 0 Å². The van der Waals surface area contributed by atoms with Crippen molar-refractivity contribution in [3.05, 3.63) is 24.0 Å². The number of fused-ring (bicyclic) bond motifs is 1. The van der Waals surface area contributed by atoms with Crippen LogP contribution in [0.2, 0.25) is 0 Å². The zero-order valence-corrected chi connectivity index (χ0v) is 11.9. The Hall–Kier alpha value is -1.09. The Balaban J connectivity index is 1.79. The molecule has 3 heteroatoms. The van der Waals surface area contributed by atoms with Crippen LogP contribution in [0.25, 0.3) is 0 Å². The van der Waals surface area contributed by atoms with Crippen molar-refractivity contribution in [3.8, 4) is 0 Å². The molecule has 3 atom stereocenters. The Labute approximate surface area is 116 Å². The Morgan fingerprint density at radius 3 is 2.74 bits per heavy atom. The molecule has 0 aromatic carbocycles. The van der Waals surface area contributed by atoms with Gasteiger partial charge in [0.25, 0.3) is 0 Å². The number of nitrogens with two attached hydrogens (primary N) is 1. The van der Waals surface area contributed by atoms with Gasteiger partial charge in [-0.1, -0.05) is 12.8 Å². The van der Waals surface area contributed by atoms with Crippen LogP contribution in [-0.2, 0) is 0 Å². The fourth-order valence-electron chi connectivity index (χ4n) is 3.78. The molecule has 2 fully saturated rings. The summed E-state index contributed by atoms with van der Waals surface area (Å²) >= 11 is 0. The normalized spacial score (nSPS) is 28.8. The van der Waals surface area contributed by atoms with Crippen molar-refractivity contribution in [2.45, 2.75) is 57.5 Å². The van der Waals surface area contributed by atoms with Crippen molar-refractivity contribution in [2.24, 2.45) is 11.7 Å². The van der Waals surface area contributed by atoms with E-state index in [1.807, 2.05) is 13.1 Å². The quantitative estimate of drug-likeness (QED) is 0.886. The minimum Gasteiger partial charge on any atom is -0.367 e. The Bertz CT molecular complexity index is 411. The van der Waals surface area contributed by atoms with Gasteiger partial charge in [-0.3, -0.25) is 4.98 Å². The smallest absolute Gasteiger partial charge is 0.0569 e. The lowest BCUT2D eigenvalue weighted by Crippen LogP contribution is -2.46. The van der Waals surface area contributed by atoms with Crippen LogP contribution in [0.3, 0.4) is 0 Å². The van der Waals surface area contributed by atoms with E-state index in [4.69, 9.17) is 5.73 Å². The number of hydrogen-bond acceptors (Lipinski definition) is 3. The molecule has 0 amide bonds. The standard InChI is InChI=1S/C16H25N3/c1-12(17)15-9-8-14(11-18-15)19-10-4-6-13-5-2-3-7-16(13)19/h8-9,11-13,16H,2-7,10,17H2,1H3/t12-,13?,16?/m1/s1. The van der Waals surface area contributed by atoms with E-state index in [9.17, 15) is 0 Å². The molecule has 104 valence electrons. The number of anilines is 1. The first-order valence-electron chi connectivity index (χ1n) is 7.74. The van der Waals surface area contributed by atoms with Crippen LogP contribution < -0.4 is 10.6 Å². The minimum absolute atomic E-state index is 0.0258. The van der Waals surface area contributed by atoms with Crippen molar-refractivity contribution in [3.63, 3.8) is 0 Å². The predicted molar refractivity (Wildman–Crippen MR) is 79.2 cm³/mol. The van der Waals surface area contributed by atoms with Gasteiger partial charge in [-0.15, -0.1) is 0 Å². The van der Waals surface area contributed by atoms with Crippen LogP contribution in [0.4, 0.5) is 5.69 Å². The van der Waals surface area contributed by atoms with Crippen LogP contribution in [-0.4, -0.2) is 17.6 Å². The summed E-state index contributed by atoms with van der Waals surface area (Å²) in [7, 11) is 0. The number of aromatic nitrogens is 1. The van der Waals surface area contributed by atoms with Crippen LogP contribution >= 0.6 is 0 Å². The number of rotatable bonds is 2. The summed E-state index contributed by atoms with van der Waals surface area (Å²) in [6.07, 6.45) is 10.4. The maximum Gasteiger partial charge on any atom is 0.0569 e. The zero-order chi connectivity index (χ0) is 13.2. The summed E-state index contributed by atoms with van der Waals surface area (Å²) in [5.41, 5.74) is 8.15. The fraction of sp³-hybridized carbons (Fsp3) is 0.688. The number of nitrogens with zero attached hydrogens (tertiary/aromatic N) is 2. The van der Waals surface area contributed by atoms with Gasteiger partial charge in [0.15, 0.2) is 0 Å². The molecule has 1 aliphatic carbocycles. The van der Waals surface area contributed by atoms with Gasteiger partial charge in [0.05, 0.1) is 17.6 Å². The predicted octanol–water partition coefficient (Wildman–Crippen LogP) is 3.26. The van der Waals surface area contributed by atoms with Crippen molar-refractivity contribution in [1.82, 2.24) is 4.98 Å². The summed E-state index contributed by atoms with van der Waals surface area (Å²) in [5.74, 6) is 0.913. The van der Waals surface area contributed by atoms with Gasteiger partial charge in [-0.25, -0.2) is 0 Å². The lowest BCUT2D eigenvalue weighted by atomic mass is 9.78. The van der Waals surface area contributed by atoms with Crippen molar-refractivity contribution in [2.75, 3.05) is 11.4 Å². The van der Waals surface area contributed by atoms with Gasteiger partial charge >= 0.3 is 0 Å². The van der Waals surface area contributed by atoms with Crippen LogP contribution in [0.5, 0.6) is 0 Å². The summed E-state index contributed by atoms with van der Waals surface area (Å²) in [6.45, 7) is 3.18. The molecule has 2 aliphatic rings. The average Bonchev–Trinajstić information content (AvgIpc) is 2.47. The van der Waals surface area contributed by atoms with Crippen LogP contribution in [0.15, 0.2) is 18.3 Å². The summed E-state index contributed by atoms with van der Waals surface area (Å²) in [6, 6.07) is 5.08. The Kier molecular flexibility index (Phi) is 3.74. The largest absolute Gasteiger partial charge is 0.367 e. The molecule has 2 unspecified atom stereocenters. The van der Waals surface area contributed by atoms with Gasteiger partial charge in [0, 0.05) is 18.6 Å². The molecule has 0 spiro atoms. The lowest BCUT2D eigenvalue weighted by molar-refractivity contribution is 0.243. The highest BCUT2D eigenvalue weighted by atomic mass is 15.2. The number of pyridine rings is 1. The molecule has 1 aliphatic heterocycles. The highest BCUT2D eigenvalue weighted by Crippen LogP contribution is 2.37. The van der Waals surface area contributed by atoms with Crippen LogP contribution in [0.1, 0.15) is 57.2 Å². The first-order valence-corrected chi connectivity index (χ1v) is 7.74. The molecule has 1 aromatic rings. The van der Waals surface area contributed by atoms with E-state index in [1.165, 1.54) is 50.8 Å². The van der Waals surface area contributed by atoms with E-state index in [-0.39, 0.29) is 6.04 Å². The third-order valence-electron chi connectivity index (χ3n) is 4.81. The van der Waals surface area contributed by atoms with Crippen molar-refractivity contribution in [1.29, 1.82) is 0 Å². The third kappa shape index (κ3) is 2.62. The zero-order valence-electron chi connectivity index (χ0n) is 11.9. The highest BCUT2D eigenvalue weighted by Gasteiger charge is 2.33. The van der Waals surface area contributed by atoms with E-state index in [0.717, 1.165) is 17.7 Å². The molecule has 2 heterocycles. The lowest BCUT2D eigenvalue weighted by Gasteiger charge is -2.45. The SMILES string of the molecule is C[C@@H](N)c1ccc(N2CCCC3CCCCC32)cn1. The van der Waals surface area contributed by atoms with Crippen molar-refractivity contribution >= 4 is 5.69 Å². The summed E-state index contributed by atoms with van der Waals surface area (Å²) in [5, 5.41) is 0. The van der Waals surface area contributed by atoms with Crippen LogP contribution in [0, 0.1) is 5.92 Å². The first-order chi connectivity index (χ1) is 9.25. The molecule has 2 N–H and O–H groups in total. The topological polar surface area (TPSA) is 42.1 Å². The highest BCUT2D eigenvalue weighted by molar-refractivity contribution is 5.46. The Morgan fingerprint density at radius 1 is 1.21 bits per heavy atom. The molecule has 19 heavy (non-hydrogen) atoms. The molecule has 0 radical (unpaired) electrons. The Morgan fingerprint density at radius 2 is 2.00 bits per heavy atom. The molecule has 3 nitrogen and oxygen atoms in total. The minimum atomic E-state index is 0.0258. The number of piperidine rings is 1.